The zero-order valence-electron chi connectivity index (χ0n) is 17.7. The summed E-state index contributed by atoms with van der Waals surface area (Å²) in [5.74, 6) is -0.531. The molecule has 10 heteroatoms. The van der Waals surface area contributed by atoms with Crippen LogP contribution in [0.25, 0.3) is 0 Å². The number of nitro benzene ring substituents is 1. The number of non-ortho nitro benzene ring substituents is 1. The molecule has 9 nitrogen and oxygen atoms in total. The number of carbonyl (C=O) groups is 1. The second kappa shape index (κ2) is 11.2. The molecule has 3 aromatic rings. The van der Waals surface area contributed by atoms with Crippen molar-refractivity contribution >= 4 is 27.3 Å². The Bertz CT molecular complexity index is 1170. The van der Waals surface area contributed by atoms with Crippen molar-refractivity contribution in [3.8, 4) is 0 Å². The van der Waals surface area contributed by atoms with E-state index in [1.807, 2.05) is 30.3 Å². The summed E-state index contributed by atoms with van der Waals surface area (Å²) in [6, 6.07) is 22.2. The summed E-state index contributed by atoms with van der Waals surface area (Å²) in [6.07, 6.45) is 0. The maximum atomic E-state index is 13.2. The molecule has 3 rings (SSSR count). The highest BCUT2D eigenvalue weighted by Gasteiger charge is 2.27. The van der Waals surface area contributed by atoms with Gasteiger partial charge in [0, 0.05) is 18.7 Å². The SMILES string of the molecule is O=C(CN(c1ccc([N+](=O)[O-])cc1)S(=O)(=O)c1ccccc1)NCCOCc1ccccc1. The predicted molar refractivity (Wildman–Crippen MR) is 123 cm³/mol. The molecular formula is C23H23N3O6S. The van der Waals surface area contributed by atoms with Crippen LogP contribution in [-0.4, -0.2) is 38.9 Å². The second-order valence-corrected chi connectivity index (χ2v) is 8.85. The normalized spacial score (nSPS) is 11.0. The fraction of sp³-hybridized carbons (Fsp3) is 0.174. The molecule has 0 fully saturated rings. The zero-order chi connectivity index (χ0) is 23.7. The van der Waals surface area contributed by atoms with Crippen LogP contribution in [-0.2, 0) is 26.2 Å². The molecule has 1 amide bonds. The van der Waals surface area contributed by atoms with E-state index < -0.39 is 27.4 Å². The molecule has 0 unspecified atom stereocenters. The first-order valence-corrected chi connectivity index (χ1v) is 11.5. The average Bonchev–Trinajstić information content (AvgIpc) is 2.83. The first kappa shape index (κ1) is 23.9. The van der Waals surface area contributed by atoms with Gasteiger partial charge in [0.1, 0.15) is 6.54 Å². The summed E-state index contributed by atoms with van der Waals surface area (Å²) in [6.45, 7) is 0.358. The number of benzene rings is 3. The molecule has 0 bridgehead atoms. The van der Waals surface area contributed by atoms with Gasteiger partial charge in [0.2, 0.25) is 5.91 Å². The van der Waals surface area contributed by atoms with Crippen LogP contribution in [0, 0.1) is 10.1 Å². The molecule has 0 aliphatic heterocycles. The minimum atomic E-state index is -4.08. The molecule has 0 atom stereocenters. The summed E-state index contributed by atoms with van der Waals surface area (Å²) in [5, 5.41) is 13.6. The van der Waals surface area contributed by atoms with Gasteiger partial charge >= 0.3 is 0 Å². The number of sulfonamides is 1. The largest absolute Gasteiger partial charge is 0.375 e. The Morgan fingerprint density at radius 1 is 0.939 bits per heavy atom. The zero-order valence-corrected chi connectivity index (χ0v) is 18.5. The van der Waals surface area contributed by atoms with Gasteiger partial charge in [0.25, 0.3) is 15.7 Å². The highest BCUT2D eigenvalue weighted by molar-refractivity contribution is 7.92. The summed E-state index contributed by atoms with van der Waals surface area (Å²) in [4.78, 5) is 22.9. The molecule has 0 heterocycles. The quantitative estimate of drug-likeness (QED) is 0.262. The third-order valence-corrected chi connectivity index (χ3v) is 6.44. The lowest BCUT2D eigenvalue weighted by molar-refractivity contribution is -0.384. The molecule has 0 aliphatic rings. The minimum Gasteiger partial charge on any atom is -0.375 e. The van der Waals surface area contributed by atoms with Gasteiger partial charge < -0.3 is 10.1 Å². The van der Waals surface area contributed by atoms with Crippen LogP contribution in [0.3, 0.4) is 0 Å². The summed E-state index contributed by atoms with van der Waals surface area (Å²) in [5.41, 5.74) is 0.956. The van der Waals surface area contributed by atoms with E-state index in [1.165, 1.54) is 36.4 Å². The maximum absolute atomic E-state index is 13.2. The molecular weight excluding hydrogens is 446 g/mol. The Kier molecular flexibility index (Phi) is 8.11. The molecule has 33 heavy (non-hydrogen) atoms. The van der Waals surface area contributed by atoms with E-state index in [-0.39, 0.29) is 29.4 Å². The van der Waals surface area contributed by atoms with Gasteiger partial charge in [-0.15, -0.1) is 0 Å². The highest BCUT2D eigenvalue weighted by Crippen LogP contribution is 2.25. The molecule has 1 N–H and O–H groups in total. The second-order valence-electron chi connectivity index (χ2n) is 6.99. The van der Waals surface area contributed by atoms with Gasteiger partial charge in [-0.05, 0) is 29.8 Å². The predicted octanol–water partition coefficient (Wildman–Crippen LogP) is 3.12. The van der Waals surface area contributed by atoms with Crippen LogP contribution in [0.4, 0.5) is 11.4 Å². The van der Waals surface area contributed by atoms with Crippen LogP contribution in [0.15, 0.2) is 89.8 Å². The lowest BCUT2D eigenvalue weighted by Crippen LogP contribution is -2.41. The van der Waals surface area contributed by atoms with Gasteiger partial charge in [-0.1, -0.05) is 48.5 Å². The van der Waals surface area contributed by atoms with E-state index >= 15 is 0 Å². The Hall–Kier alpha value is -3.76. The van der Waals surface area contributed by atoms with Gasteiger partial charge in [0.05, 0.1) is 28.7 Å². The van der Waals surface area contributed by atoms with Crippen LogP contribution in [0.2, 0.25) is 0 Å². The first-order chi connectivity index (χ1) is 15.9. The summed E-state index contributed by atoms with van der Waals surface area (Å²) < 4.78 is 32.9. The molecule has 0 saturated heterocycles. The Morgan fingerprint density at radius 3 is 2.15 bits per heavy atom. The van der Waals surface area contributed by atoms with Crippen molar-refractivity contribution in [2.24, 2.45) is 0 Å². The van der Waals surface area contributed by atoms with Crippen molar-refractivity contribution in [3.63, 3.8) is 0 Å². The first-order valence-electron chi connectivity index (χ1n) is 10.1. The third-order valence-electron chi connectivity index (χ3n) is 4.65. The van der Waals surface area contributed by atoms with Gasteiger partial charge in [0.15, 0.2) is 0 Å². The van der Waals surface area contributed by atoms with Crippen LogP contribution in [0.5, 0.6) is 0 Å². The number of nitrogens with one attached hydrogen (secondary N) is 1. The van der Waals surface area contributed by atoms with Crippen LogP contribution >= 0.6 is 0 Å². The molecule has 172 valence electrons. The number of rotatable bonds is 11. The van der Waals surface area contributed by atoms with Crippen LogP contribution < -0.4 is 9.62 Å². The van der Waals surface area contributed by atoms with Crippen molar-refractivity contribution < 1.29 is 22.9 Å². The number of ether oxygens (including phenoxy) is 1. The van der Waals surface area contributed by atoms with Gasteiger partial charge in [-0.25, -0.2) is 8.42 Å². The smallest absolute Gasteiger partial charge is 0.269 e. The van der Waals surface area contributed by atoms with E-state index in [0.29, 0.717) is 6.61 Å². The standard InChI is InChI=1S/C23H23N3O6S/c27-23(24-15-16-32-18-19-7-3-1-4-8-19)17-25(20-11-13-21(14-12-20)26(28)29)33(30,31)22-9-5-2-6-10-22/h1-14H,15-18H2,(H,24,27). The molecule has 0 radical (unpaired) electrons. The van der Waals surface area contributed by atoms with Crippen molar-refractivity contribution in [1.29, 1.82) is 0 Å². The minimum absolute atomic E-state index is 0.00217. The lowest BCUT2D eigenvalue weighted by Gasteiger charge is -2.24. The molecule has 3 aromatic carbocycles. The molecule has 0 saturated carbocycles. The van der Waals surface area contributed by atoms with Crippen molar-refractivity contribution in [3.05, 3.63) is 101 Å². The van der Waals surface area contributed by atoms with Crippen molar-refractivity contribution in [2.45, 2.75) is 11.5 Å². The fourth-order valence-corrected chi connectivity index (χ4v) is 4.43. The van der Waals surface area contributed by atoms with Crippen molar-refractivity contribution in [2.75, 3.05) is 24.0 Å². The number of hydrogen-bond acceptors (Lipinski definition) is 6. The fourth-order valence-electron chi connectivity index (χ4n) is 2.99. The Morgan fingerprint density at radius 2 is 1.55 bits per heavy atom. The van der Waals surface area contributed by atoms with E-state index in [4.69, 9.17) is 4.74 Å². The van der Waals surface area contributed by atoms with E-state index in [2.05, 4.69) is 5.32 Å². The van der Waals surface area contributed by atoms with E-state index in [1.54, 1.807) is 18.2 Å². The monoisotopic (exact) mass is 469 g/mol. The number of anilines is 1. The number of hydrogen-bond donors (Lipinski definition) is 1. The molecule has 0 aliphatic carbocycles. The average molecular weight is 470 g/mol. The van der Waals surface area contributed by atoms with Crippen molar-refractivity contribution in [1.82, 2.24) is 5.32 Å². The highest BCUT2D eigenvalue weighted by atomic mass is 32.2. The number of amides is 1. The molecule has 0 spiro atoms. The number of nitro groups is 1. The van der Waals surface area contributed by atoms with Crippen LogP contribution in [0.1, 0.15) is 5.56 Å². The third kappa shape index (κ3) is 6.61. The topological polar surface area (TPSA) is 119 Å². The van der Waals surface area contributed by atoms with Gasteiger partial charge in [-0.2, -0.15) is 0 Å². The van der Waals surface area contributed by atoms with E-state index in [0.717, 1.165) is 9.87 Å². The number of nitrogens with zero attached hydrogens (tertiary/aromatic N) is 2. The number of carbonyl (C=O) groups excluding carboxylic acids is 1. The summed E-state index contributed by atoms with van der Waals surface area (Å²) in [7, 11) is -4.08. The lowest BCUT2D eigenvalue weighted by atomic mass is 10.2. The Labute approximate surface area is 191 Å². The van der Waals surface area contributed by atoms with E-state index in [9.17, 15) is 23.3 Å². The van der Waals surface area contributed by atoms with Gasteiger partial charge in [-0.3, -0.25) is 19.2 Å². The summed E-state index contributed by atoms with van der Waals surface area (Å²) >= 11 is 0. The molecule has 0 aromatic heterocycles. The maximum Gasteiger partial charge on any atom is 0.269 e. The Balaban J connectivity index is 1.67.